The van der Waals surface area contributed by atoms with Gasteiger partial charge in [0.1, 0.15) is 6.61 Å². The van der Waals surface area contributed by atoms with E-state index in [0.717, 1.165) is 13.2 Å². The summed E-state index contributed by atoms with van der Waals surface area (Å²) in [5, 5.41) is 0. The highest BCUT2D eigenvalue weighted by Gasteiger charge is 2.21. The van der Waals surface area contributed by atoms with Crippen molar-refractivity contribution >= 4 is 5.78 Å². The molecule has 1 saturated heterocycles. The highest BCUT2D eigenvalue weighted by atomic mass is 16.5. The predicted molar refractivity (Wildman–Crippen MR) is 60.9 cm³/mol. The van der Waals surface area contributed by atoms with Crippen LogP contribution < -0.4 is 0 Å². The third-order valence-corrected chi connectivity index (χ3v) is 2.94. The van der Waals surface area contributed by atoms with E-state index in [4.69, 9.17) is 4.74 Å². The van der Waals surface area contributed by atoms with Gasteiger partial charge in [0.15, 0.2) is 5.78 Å². The lowest BCUT2D eigenvalue weighted by Crippen LogP contribution is -2.41. The molecule has 0 bridgehead atoms. The van der Waals surface area contributed by atoms with Gasteiger partial charge in [0.25, 0.3) is 0 Å². The van der Waals surface area contributed by atoms with Gasteiger partial charge < -0.3 is 9.64 Å². The molecule has 1 aliphatic rings. The second-order valence-corrected chi connectivity index (χ2v) is 4.81. The number of carbonyl (C=O) groups is 1. The molecule has 0 radical (unpaired) electrons. The summed E-state index contributed by atoms with van der Waals surface area (Å²) in [6.45, 7) is 9.39. The lowest BCUT2D eigenvalue weighted by molar-refractivity contribution is -0.122. The third kappa shape index (κ3) is 4.76. The summed E-state index contributed by atoms with van der Waals surface area (Å²) < 4.78 is 5.39. The Labute approximate surface area is 92.8 Å². The second kappa shape index (κ2) is 6.23. The van der Waals surface area contributed by atoms with E-state index >= 15 is 0 Å². The molecule has 1 rings (SSSR count). The molecule has 88 valence electrons. The Balaban J connectivity index is 2.21. The normalized spacial score (nSPS) is 23.3. The zero-order valence-electron chi connectivity index (χ0n) is 10.2. The van der Waals surface area contributed by atoms with Crippen molar-refractivity contribution in [1.82, 2.24) is 4.90 Å². The van der Waals surface area contributed by atoms with E-state index in [1.807, 2.05) is 0 Å². The number of Topliss-reactive ketones (excluding diaryl/α,β-unsaturated/α-hetero) is 1. The topological polar surface area (TPSA) is 29.5 Å². The van der Waals surface area contributed by atoms with Gasteiger partial charge >= 0.3 is 0 Å². The van der Waals surface area contributed by atoms with Crippen LogP contribution in [0.5, 0.6) is 0 Å². The number of hydrogen-bond acceptors (Lipinski definition) is 3. The molecule has 0 unspecified atom stereocenters. The molecule has 0 aromatic rings. The van der Waals surface area contributed by atoms with Crippen LogP contribution >= 0.6 is 0 Å². The number of carbonyl (C=O) groups excluding carboxylic acids is 1. The Morgan fingerprint density at radius 3 is 2.87 bits per heavy atom. The summed E-state index contributed by atoms with van der Waals surface area (Å²) in [7, 11) is 0. The highest BCUT2D eigenvalue weighted by molar-refractivity contribution is 5.76. The summed E-state index contributed by atoms with van der Waals surface area (Å²) in [5.74, 6) is 0.729. The maximum absolute atomic E-state index is 10.7. The van der Waals surface area contributed by atoms with E-state index < -0.39 is 0 Å². The van der Waals surface area contributed by atoms with Crippen LogP contribution in [0.4, 0.5) is 0 Å². The fourth-order valence-electron chi connectivity index (χ4n) is 2.07. The molecule has 1 aliphatic heterocycles. The number of rotatable bonds is 5. The lowest BCUT2D eigenvalue weighted by Gasteiger charge is -2.35. The van der Waals surface area contributed by atoms with Crippen LogP contribution in [-0.2, 0) is 9.53 Å². The molecular weight excluding hydrogens is 190 g/mol. The van der Waals surface area contributed by atoms with E-state index in [1.54, 1.807) is 6.92 Å². The number of nitrogens with zero attached hydrogens (tertiary/aromatic N) is 1. The molecule has 0 aliphatic carbocycles. The van der Waals surface area contributed by atoms with Gasteiger partial charge in [0, 0.05) is 12.6 Å². The largest absolute Gasteiger partial charge is 0.373 e. The van der Waals surface area contributed by atoms with Crippen LogP contribution in [0.3, 0.4) is 0 Å². The molecule has 3 nitrogen and oxygen atoms in total. The first-order valence-electron chi connectivity index (χ1n) is 5.91. The molecular formula is C12H23NO2. The highest BCUT2D eigenvalue weighted by Crippen LogP contribution is 2.18. The molecule has 0 aromatic heterocycles. The molecule has 0 amide bonds. The Morgan fingerprint density at radius 1 is 1.53 bits per heavy atom. The number of piperidine rings is 1. The molecule has 1 heterocycles. The molecule has 15 heavy (non-hydrogen) atoms. The maximum Gasteiger partial charge on any atom is 0.155 e. The van der Waals surface area contributed by atoms with Crippen LogP contribution in [0.15, 0.2) is 0 Å². The summed E-state index contributed by atoms with van der Waals surface area (Å²) in [6, 6.07) is 0.626. The van der Waals surface area contributed by atoms with Crippen molar-refractivity contribution in [3.8, 4) is 0 Å². The Kier molecular flexibility index (Phi) is 5.26. The zero-order valence-corrected chi connectivity index (χ0v) is 10.2. The van der Waals surface area contributed by atoms with Crippen LogP contribution in [0, 0.1) is 5.92 Å². The molecule has 1 atom stereocenters. The standard InChI is InChI=1S/C12H23NO2/c1-10(2)13-6-4-5-12(7-13)9-15-8-11(3)14/h10,12H,4-9H2,1-3H3/t12-/m1/s1. The first-order chi connectivity index (χ1) is 7.09. The number of hydrogen-bond donors (Lipinski definition) is 0. The first kappa shape index (κ1) is 12.7. The van der Waals surface area contributed by atoms with E-state index in [0.29, 0.717) is 12.0 Å². The minimum absolute atomic E-state index is 0.117. The smallest absolute Gasteiger partial charge is 0.155 e. The van der Waals surface area contributed by atoms with Crippen LogP contribution in [-0.4, -0.2) is 43.0 Å². The van der Waals surface area contributed by atoms with Gasteiger partial charge in [-0.25, -0.2) is 0 Å². The van der Waals surface area contributed by atoms with Crippen LogP contribution in [0.2, 0.25) is 0 Å². The fourth-order valence-corrected chi connectivity index (χ4v) is 2.07. The first-order valence-corrected chi connectivity index (χ1v) is 5.91. The number of ketones is 1. The SMILES string of the molecule is CC(=O)COC[C@@H]1CCCN(C(C)C)C1. The minimum Gasteiger partial charge on any atom is -0.373 e. The average molecular weight is 213 g/mol. The zero-order chi connectivity index (χ0) is 11.3. The van der Waals surface area contributed by atoms with Gasteiger partial charge in [0.05, 0.1) is 6.61 Å². The van der Waals surface area contributed by atoms with Crippen LogP contribution in [0.25, 0.3) is 0 Å². The van der Waals surface area contributed by atoms with Gasteiger partial charge in [0.2, 0.25) is 0 Å². The van der Waals surface area contributed by atoms with Crippen molar-refractivity contribution in [3.63, 3.8) is 0 Å². The van der Waals surface area contributed by atoms with Gasteiger partial charge in [-0.05, 0) is 46.1 Å². The average Bonchev–Trinajstić information content (AvgIpc) is 2.17. The molecule has 0 N–H and O–H groups in total. The van der Waals surface area contributed by atoms with Crippen molar-refractivity contribution in [2.45, 2.75) is 39.7 Å². The van der Waals surface area contributed by atoms with Crippen LogP contribution in [0.1, 0.15) is 33.6 Å². The van der Waals surface area contributed by atoms with E-state index in [-0.39, 0.29) is 12.4 Å². The second-order valence-electron chi connectivity index (χ2n) is 4.81. The number of likely N-dealkylation sites (tertiary alicyclic amines) is 1. The summed E-state index contributed by atoms with van der Waals surface area (Å²) in [5.41, 5.74) is 0. The van der Waals surface area contributed by atoms with E-state index in [2.05, 4.69) is 18.7 Å². The molecule has 0 aromatic carbocycles. The summed E-state index contributed by atoms with van der Waals surface area (Å²) in [6.07, 6.45) is 2.49. The fraction of sp³-hybridized carbons (Fsp3) is 0.917. The van der Waals surface area contributed by atoms with Crippen molar-refractivity contribution < 1.29 is 9.53 Å². The molecule has 0 spiro atoms. The predicted octanol–water partition coefficient (Wildman–Crippen LogP) is 1.71. The van der Waals surface area contributed by atoms with Crippen molar-refractivity contribution in [3.05, 3.63) is 0 Å². The van der Waals surface area contributed by atoms with Crippen molar-refractivity contribution in [1.29, 1.82) is 0 Å². The van der Waals surface area contributed by atoms with Gasteiger partial charge in [-0.3, -0.25) is 4.79 Å². The van der Waals surface area contributed by atoms with E-state index in [1.165, 1.54) is 19.4 Å². The summed E-state index contributed by atoms with van der Waals surface area (Å²) in [4.78, 5) is 13.2. The number of ether oxygens (including phenoxy) is 1. The molecule has 0 saturated carbocycles. The quantitative estimate of drug-likeness (QED) is 0.696. The third-order valence-electron chi connectivity index (χ3n) is 2.94. The van der Waals surface area contributed by atoms with Crippen molar-refractivity contribution in [2.24, 2.45) is 5.92 Å². The lowest BCUT2D eigenvalue weighted by atomic mass is 9.98. The Morgan fingerprint density at radius 2 is 2.27 bits per heavy atom. The molecule has 1 fully saturated rings. The molecule has 3 heteroatoms. The van der Waals surface area contributed by atoms with E-state index in [9.17, 15) is 4.79 Å². The van der Waals surface area contributed by atoms with Gasteiger partial charge in [-0.2, -0.15) is 0 Å². The van der Waals surface area contributed by atoms with Crippen molar-refractivity contribution in [2.75, 3.05) is 26.3 Å². The summed E-state index contributed by atoms with van der Waals surface area (Å²) >= 11 is 0. The van der Waals surface area contributed by atoms with Gasteiger partial charge in [-0.1, -0.05) is 0 Å². The maximum atomic E-state index is 10.7. The minimum atomic E-state index is 0.117. The van der Waals surface area contributed by atoms with Gasteiger partial charge in [-0.15, -0.1) is 0 Å². The Bertz CT molecular complexity index is 204. The Hall–Kier alpha value is -0.410. The monoisotopic (exact) mass is 213 g/mol.